The predicted molar refractivity (Wildman–Crippen MR) is 62.2 cm³/mol. The van der Waals surface area contributed by atoms with Crippen LogP contribution < -0.4 is 0 Å². The maximum atomic E-state index is 13.0. The number of aromatic nitrogens is 2. The van der Waals surface area contributed by atoms with Crippen molar-refractivity contribution in [3.05, 3.63) is 46.6 Å². The van der Waals surface area contributed by atoms with E-state index in [0.29, 0.717) is 11.1 Å². The van der Waals surface area contributed by atoms with Crippen molar-refractivity contribution in [2.75, 3.05) is 0 Å². The van der Waals surface area contributed by atoms with Gasteiger partial charge in [-0.25, -0.2) is 14.4 Å². The number of benzene rings is 1. The summed E-state index contributed by atoms with van der Waals surface area (Å²) in [5.74, 6) is -1.80. The molecule has 0 saturated carbocycles. The topological polar surface area (TPSA) is 25.8 Å². The molecular weight excluding hydrogens is 284 g/mol. The van der Waals surface area contributed by atoms with Gasteiger partial charge in [0, 0.05) is 11.6 Å². The van der Waals surface area contributed by atoms with Crippen LogP contribution >= 0.6 is 11.6 Å². The highest BCUT2D eigenvalue weighted by molar-refractivity contribution is 6.29. The van der Waals surface area contributed by atoms with E-state index in [0.717, 1.165) is 6.07 Å². The van der Waals surface area contributed by atoms with Crippen molar-refractivity contribution in [1.29, 1.82) is 0 Å². The van der Waals surface area contributed by atoms with Crippen molar-refractivity contribution in [1.82, 2.24) is 9.97 Å². The van der Waals surface area contributed by atoms with Crippen LogP contribution in [0.1, 0.15) is 11.4 Å². The highest BCUT2D eigenvalue weighted by Gasteiger charge is 2.35. The number of rotatable bonds is 1. The zero-order valence-electron chi connectivity index (χ0n) is 9.59. The highest BCUT2D eigenvalue weighted by atomic mass is 35.5. The Labute approximate surface area is 111 Å². The van der Waals surface area contributed by atoms with Crippen LogP contribution in [-0.2, 0) is 6.18 Å². The molecule has 19 heavy (non-hydrogen) atoms. The number of aryl methyl sites for hydroxylation is 1. The maximum absolute atomic E-state index is 13.0. The molecule has 0 N–H and O–H groups in total. The van der Waals surface area contributed by atoms with Gasteiger partial charge in [-0.3, -0.25) is 0 Å². The van der Waals surface area contributed by atoms with E-state index in [4.69, 9.17) is 11.6 Å². The van der Waals surface area contributed by atoms with E-state index in [1.165, 1.54) is 18.2 Å². The van der Waals surface area contributed by atoms with Crippen molar-refractivity contribution in [3.63, 3.8) is 0 Å². The molecule has 0 radical (unpaired) electrons. The third kappa shape index (κ3) is 3.01. The molecule has 0 atom stereocenters. The Morgan fingerprint density at radius 2 is 1.79 bits per heavy atom. The molecule has 1 aromatic carbocycles. The van der Waals surface area contributed by atoms with Gasteiger partial charge in [0.2, 0.25) is 5.82 Å². The maximum Gasteiger partial charge on any atom is 0.451 e. The first-order valence-electron chi connectivity index (χ1n) is 5.15. The SMILES string of the molecule is Cc1cc(F)ccc1-c1cc(Cl)nc(C(F)(F)F)n1. The smallest absolute Gasteiger partial charge is 0.224 e. The van der Waals surface area contributed by atoms with Crippen LogP contribution in [0, 0.1) is 12.7 Å². The first-order valence-corrected chi connectivity index (χ1v) is 5.53. The van der Waals surface area contributed by atoms with E-state index < -0.39 is 17.8 Å². The van der Waals surface area contributed by atoms with E-state index in [2.05, 4.69) is 9.97 Å². The first kappa shape index (κ1) is 13.7. The summed E-state index contributed by atoms with van der Waals surface area (Å²) < 4.78 is 50.7. The summed E-state index contributed by atoms with van der Waals surface area (Å²) in [4.78, 5) is 6.56. The van der Waals surface area contributed by atoms with Gasteiger partial charge in [0.05, 0.1) is 5.69 Å². The molecule has 0 amide bonds. The van der Waals surface area contributed by atoms with Gasteiger partial charge < -0.3 is 0 Å². The monoisotopic (exact) mass is 290 g/mol. The Morgan fingerprint density at radius 3 is 2.37 bits per heavy atom. The highest BCUT2D eigenvalue weighted by Crippen LogP contribution is 2.30. The third-order valence-electron chi connectivity index (χ3n) is 2.41. The molecule has 0 fully saturated rings. The van der Waals surface area contributed by atoms with E-state index in [-0.39, 0.29) is 10.8 Å². The fourth-order valence-corrected chi connectivity index (χ4v) is 1.78. The molecule has 0 bridgehead atoms. The normalized spacial score (nSPS) is 11.7. The van der Waals surface area contributed by atoms with E-state index in [1.807, 2.05) is 0 Å². The molecular formula is C12H7ClF4N2. The van der Waals surface area contributed by atoms with Gasteiger partial charge in [-0.05, 0) is 30.7 Å². The van der Waals surface area contributed by atoms with Crippen molar-refractivity contribution in [2.45, 2.75) is 13.1 Å². The molecule has 0 aliphatic heterocycles. The lowest BCUT2D eigenvalue weighted by molar-refractivity contribution is -0.144. The fourth-order valence-electron chi connectivity index (χ4n) is 1.60. The lowest BCUT2D eigenvalue weighted by atomic mass is 10.1. The Hall–Kier alpha value is -1.69. The average Bonchev–Trinajstić information content (AvgIpc) is 2.26. The van der Waals surface area contributed by atoms with Crippen LogP contribution in [-0.4, -0.2) is 9.97 Å². The van der Waals surface area contributed by atoms with Gasteiger partial charge in [0.15, 0.2) is 0 Å². The molecule has 1 heterocycles. The number of alkyl halides is 3. The summed E-state index contributed by atoms with van der Waals surface area (Å²) in [7, 11) is 0. The zero-order valence-corrected chi connectivity index (χ0v) is 10.3. The summed E-state index contributed by atoms with van der Waals surface area (Å²) in [6.45, 7) is 1.57. The summed E-state index contributed by atoms with van der Waals surface area (Å²) in [6.07, 6.45) is -4.69. The summed E-state index contributed by atoms with van der Waals surface area (Å²) in [6, 6.07) is 4.91. The van der Waals surface area contributed by atoms with Gasteiger partial charge in [0.1, 0.15) is 11.0 Å². The molecule has 7 heteroatoms. The van der Waals surface area contributed by atoms with Gasteiger partial charge in [-0.1, -0.05) is 11.6 Å². The minimum atomic E-state index is -4.69. The van der Waals surface area contributed by atoms with Crippen LogP contribution in [0.3, 0.4) is 0 Å². The molecule has 2 rings (SSSR count). The van der Waals surface area contributed by atoms with Crippen molar-refractivity contribution < 1.29 is 17.6 Å². The zero-order chi connectivity index (χ0) is 14.2. The van der Waals surface area contributed by atoms with Crippen LogP contribution in [0.4, 0.5) is 17.6 Å². The molecule has 0 saturated heterocycles. The molecule has 0 aliphatic carbocycles. The minimum absolute atomic E-state index is 0.00447. The quantitative estimate of drug-likeness (QED) is 0.579. The molecule has 0 unspecified atom stereocenters. The van der Waals surface area contributed by atoms with Gasteiger partial charge in [-0.15, -0.1) is 0 Å². The average molecular weight is 291 g/mol. The molecule has 2 aromatic rings. The Morgan fingerprint density at radius 1 is 1.11 bits per heavy atom. The van der Waals surface area contributed by atoms with Gasteiger partial charge >= 0.3 is 6.18 Å². The second-order valence-electron chi connectivity index (χ2n) is 3.86. The molecule has 2 nitrogen and oxygen atoms in total. The second-order valence-corrected chi connectivity index (χ2v) is 4.24. The summed E-state index contributed by atoms with van der Waals surface area (Å²) in [5.41, 5.74) is 0.837. The largest absolute Gasteiger partial charge is 0.451 e. The van der Waals surface area contributed by atoms with Crippen molar-refractivity contribution in [2.24, 2.45) is 0 Å². The first-order chi connectivity index (χ1) is 8.77. The second kappa shape index (κ2) is 4.77. The Bertz CT molecular complexity index is 626. The van der Waals surface area contributed by atoms with E-state index in [1.54, 1.807) is 6.92 Å². The van der Waals surface area contributed by atoms with Crippen LogP contribution in [0.5, 0.6) is 0 Å². The lowest BCUT2D eigenvalue weighted by Crippen LogP contribution is -2.11. The summed E-state index contributed by atoms with van der Waals surface area (Å²) >= 11 is 5.56. The number of halogens is 5. The van der Waals surface area contributed by atoms with Crippen LogP contribution in [0.15, 0.2) is 24.3 Å². The third-order valence-corrected chi connectivity index (χ3v) is 2.61. The van der Waals surface area contributed by atoms with E-state index >= 15 is 0 Å². The van der Waals surface area contributed by atoms with Gasteiger partial charge in [-0.2, -0.15) is 13.2 Å². The number of hydrogen-bond donors (Lipinski definition) is 0. The molecule has 100 valence electrons. The lowest BCUT2D eigenvalue weighted by Gasteiger charge is -2.09. The minimum Gasteiger partial charge on any atom is -0.224 e. The fraction of sp³-hybridized carbons (Fsp3) is 0.167. The molecule has 1 aromatic heterocycles. The Kier molecular flexibility index (Phi) is 3.45. The number of hydrogen-bond acceptors (Lipinski definition) is 2. The van der Waals surface area contributed by atoms with E-state index in [9.17, 15) is 17.6 Å². The number of nitrogens with zero attached hydrogens (tertiary/aromatic N) is 2. The summed E-state index contributed by atoms with van der Waals surface area (Å²) in [5, 5.41) is -0.318. The molecule has 0 aliphatic rings. The van der Waals surface area contributed by atoms with Crippen molar-refractivity contribution in [3.8, 4) is 11.3 Å². The Balaban J connectivity index is 2.59. The van der Waals surface area contributed by atoms with Crippen molar-refractivity contribution >= 4 is 11.6 Å². The predicted octanol–water partition coefficient (Wildman–Crippen LogP) is 4.26. The van der Waals surface area contributed by atoms with Gasteiger partial charge in [0.25, 0.3) is 0 Å². The standard InChI is InChI=1S/C12H7ClF4N2/c1-6-4-7(14)2-3-8(6)9-5-10(13)19-11(18-9)12(15,16)17/h2-5H,1H3. The van der Waals surface area contributed by atoms with Crippen LogP contribution in [0.25, 0.3) is 11.3 Å². The van der Waals surface area contributed by atoms with Crippen LogP contribution in [0.2, 0.25) is 5.15 Å². The molecule has 0 spiro atoms.